The topological polar surface area (TPSA) is 47.6 Å². The van der Waals surface area contributed by atoms with E-state index < -0.39 is 11.6 Å². The molecular formula is C19H20F2N4O. The van der Waals surface area contributed by atoms with Crippen molar-refractivity contribution < 1.29 is 13.6 Å². The zero-order valence-corrected chi connectivity index (χ0v) is 14.3. The van der Waals surface area contributed by atoms with Crippen molar-refractivity contribution in [3.8, 4) is 0 Å². The van der Waals surface area contributed by atoms with E-state index in [0.29, 0.717) is 6.54 Å². The molecule has 0 saturated carbocycles. The van der Waals surface area contributed by atoms with Crippen molar-refractivity contribution in [1.29, 1.82) is 0 Å². The number of halogens is 2. The van der Waals surface area contributed by atoms with Gasteiger partial charge in [-0.15, -0.1) is 0 Å². The monoisotopic (exact) mass is 358 g/mol. The minimum Gasteiger partial charge on any atom is -0.369 e. The summed E-state index contributed by atoms with van der Waals surface area (Å²) in [6.07, 6.45) is 0. The number of hydrogen-bond acceptors (Lipinski definition) is 3. The molecular weight excluding hydrogens is 338 g/mol. The van der Waals surface area contributed by atoms with Gasteiger partial charge in [0.05, 0.1) is 12.2 Å². The molecule has 2 N–H and O–H groups in total. The van der Waals surface area contributed by atoms with E-state index in [4.69, 9.17) is 0 Å². The van der Waals surface area contributed by atoms with E-state index in [1.807, 2.05) is 18.2 Å². The maximum Gasteiger partial charge on any atom is 0.322 e. The summed E-state index contributed by atoms with van der Waals surface area (Å²) in [4.78, 5) is 16.2. The average Bonchev–Trinajstić information content (AvgIpc) is 2.67. The van der Waals surface area contributed by atoms with Gasteiger partial charge in [0.2, 0.25) is 0 Å². The molecule has 2 aliphatic heterocycles. The lowest BCUT2D eigenvalue weighted by Gasteiger charge is -2.36. The van der Waals surface area contributed by atoms with Crippen molar-refractivity contribution in [2.45, 2.75) is 13.1 Å². The molecule has 1 saturated heterocycles. The second-order valence-electron chi connectivity index (χ2n) is 6.47. The van der Waals surface area contributed by atoms with Gasteiger partial charge in [-0.1, -0.05) is 18.2 Å². The van der Waals surface area contributed by atoms with Gasteiger partial charge in [0, 0.05) is 49.5 Å². The fraction of sp³-hybridized carbons (Fsp3) is 0.316. The fourth-order valence-electron chi connectivity index (χ4n) is 3.57. The van der Waals surface area contributed by atoms with Gasteiger partial charge in [-0.05, 0) is 18.2 Å². The molecule has 0 unspecified atom stereocenters. The Hall–Kier alpha value is -2.67. The lowest BCUT2D eigenvalue weighted by Crippen LogP contribution is -2.47. The van der Waals surface area contributed by atoms with Crippen LogP contribution in [0.15, 0.2) is 36.4 Å². The van der Waals surface area contributed by atoms with Crippen LogP contribution in [0.3, 0.4) is 0 Å². The van der Waals surface area contributed by atoms with E-state index in [2.05, 4.69) is 15.5 Å². The number of anilines is 2. The van der Waals surface area contributed by atoms with Crippen LogP contribution in [0.4, 0.5) is 25.0 Å². The molecule has 26 heavy (non-hydrogen) atoms. The van der Waals surface area contributed by atoms with Crippen molar-refractivity contribution >= 4 is 17.4 Å². The number of carbonyl (C=O) groups is 1. The Kier molecular flexibility index (Phi) is 4.46. The van der Waals surface area contributed by atoms with Crippen molar-refractivity contribution in [2.75, 3.05) is 36.0 Å². The summed E-state index contributed by atoms with van der Waals surface area (Å²) < 4.78 is 27.6. The van der Waals surface area contributed by atoms with Crippen LogP contribution in [0.1, 0.15) is 11.1 Å². The summed E-state index contributed by atoms with van der Waals surface area (Å²) in [6, 6.07) is 9.53. The quantitative estimate of drug-likeness (QED) is 0.887. The highest BCUT2D eigenvalue weighted by Gasteiger charge is 2.28. The number of urea groups is 1. The molecule has 0 aromatic heterocycles. The predicted octanol–water partition coefficient (Wildman–Crippen LogP) is 2.60. The molecule has 0 radical (unpaired) electrons. The van der Waals surface area contributed by atoms with Crippen LogP contribution in [-0.4, -0.2) is 32.2 Å². The summed E-state index contributed by atoms with van der Waals surface area (Å²) in [6.45, 7) is 4.01. The Balaban J connectivity index is 1.70. The number of amides is 2. The molecule has 0 atom stereocenters. The highest BCUT2D eigenvalue weighted by Crippen LogP contribution is 2.34. The second-order valence-corrected chi connectivity index (χ2v) is 6.47. The average molecular weight is 358 g/mol. The van der Waals surface area contributed by atoms with Crippen LogP contribution in [0.5, 0.6) is 0 Å². The third kappa shape index (κ3) is 2.99. The minimum atomic E-state index is -0.911. The molecule has 2 aliphatic rings. The van der Waals surface area contributed by atoms with Gasteiger partial charge >= 0.3 is 6.03 Å². The van der Waals surface area contributed by atoms with Gasteiger partial charge in [0.25, 0.3) is 0 Å². The van der Waals surface area contributed by atoms with E-state index in [-0.39, 0.29) is 18.1 Å². The second kappa shape index (κ2) is 6.92. The molecule has 136 valence electrons. The van der Waals surface area contributed by atoms with E-state index in [9.17, 15) is 13.6 Å². The molecule has 0 aliphatic carbocycles. The van der Waals surface area contributed by atoms with Gasteiger partial charge in [0.1, 0.15) is 0 Å². The van der Waals surface area contributed by atoms with Crippen LogP contribution >= 0.6 is 0 Å². The van der Waals surface area contributed by atoms with Crippen LogP contribution in [0.25, 0.3) is 0 Å². The van der Waals surface area contributed by atoms with E-state index >= 15 is 0 Å². The number of nitrogens with one attached hydrogen (secondary N) is 2. The van der Waals surface area contributed by atoms with Crippen LogP contribution < -0.4 is 20.4 Å². The molecule has 1 fully saturated rings. The highest BCUT2D eigenvalue weighted by atomic mass is 19.2. The maximum absolute atomic E-state index is 14.1. The Morgan fingerprint density at radius 3 is 2.54 bits per heavy atom. The molecule has 2 amide bonds. The van der Waals surface area contributed by atoms with Gasteiger partial charge in [0.15, 0.2) is 11.6 Å². The molecule has 4 rings (SSSR count). The number of rotatable bonds is 3. The molecule has 0 spiro atoms. The smallest absolute Gasteiger partial charge is 0.322 e. The van der Waals surface area contributed by atoms with E-state index in [0.717, 1.165) is 49.2 Å². The lowest BCUT2D eigenvalue weighted by atomic mass is 10.0. The van der Waals surface area contributed by atoms with Crippen molar-refractivity contribution in [2.24, 2.45) is 0 Å². The van der Waals surface area contributed by atoms with Crippen LogP contribution in [0, 0.1) is 11.6 Å². The Morgan fingerprint density at radius 2 is 1.73 bits per heavy atom. The zero-order chi connectivity index (χ0) is 18.1. The highest BCUT2D eigenvalue weighted by molar-refractivity contribution is 5.96. The summed E-state index contributed by atoms with van der Waals surface area (Å²) in [7, 11) is 0. The first-order valence-electron chi connectivity index (χ1n) is 8.71. The number of carbonyl (C=O) groups excluding carboxylic acids is 1. The van der Waals surface area contributed by atoms with Crippen molar-refractivity contribution in [3.05, 3.63) is 59.2 Å². The van der Waals surface area contributed by atoms with Gasteiger partial charge in [-0.3, -0.25) is 4.90 Å². The third-order valence-corrected chi connectivity index (χ3v) is 4.90. The largest absolute Gasteiger partial charge is 0.369 e. The number of hydrogen-bond donors (Lipinski definition) is 2. The van der Waals surface area contributed by atoms with E-state index in [1.54, 1.807) is 0 Å². The molecule has 7 heteroatoms. The first-order chi connectivity index (χ1) is 12.6. The van der Waals surface area contributed by atoms with Crippen LogP contribution in [0.2, 0.25) is 0 Å². The molecule has 5 nitrogen and oxygen atoms in total. The summed E-state index contributed by atoms with van der Waals surface area (Å²) >= 11 is 0. The number of piperazine rings is 1. The maximum atomic E-state index is 14.1. The summed E-state index contributed by atoms with van der Waals surface area (Å²) in [5, 5.41) is 6.18. The Bertz CT molecular complexity index is 836. The minimum absolute atomic E-state index is 0.0204. The predicted molar refractivity (Wildman–Crippen MR) is 96.3 cm³/mol. The number of nitrogens with zero attached hydrogens (tertiary/aromatic N) is 2. The van der Waals surface area contributed by atoms with Crippen molar-refractivity contribution in [3.63, 3.8) is 0 Å². The first-order valence-corrected chi connectivity index (χ1v) is 8.71. The fourth-order valence-corrected chi connectivity index (χ4v) is 3.57. The van der Waals surface area contributed by atoms with Gasteiger partial charge < -0.3 is 15.5 Å². The molecule has 2 heterocycles. The first kappa shape index (κ1) is 16.8. The molecule has 0 bridgehead atoms. The molecule has 2 aromatic carbocycles. The van der Waals surface area contributed by atoms with Gasteiger partial charge in [-0.25, -0.2) is 13.6 Å². The number of benzene rings is 2. The SMILES string of the molecule is O=C1NCc2c(N3CCNCC3)cccc2N1Cc1cccc(F)c1F. The lowest BCUT2D eigenvalue weighted by molar-refractivity contribution is 0.244. The number of fused-ring (bicyclic) bond motifs is 1. The van der Waals surface area contributed by atoms with Crippen molar-refractivity contribution in [1.82, 2.24) is 10.6 Å². The van der Waals surface area contributed by atoms with Crippen LogP contribution in [-0.2, 0) is 13.1 Å². The summed E-state index contributed by atoms with van der Waals surface area (Å²) in [5.41, 5.74) is 2.98. The zero-order valence-electron chi connectivity index (χ0n) is 14.3. The van der Waals surface area contributed by atoms with E-state index in [1.165, 1.54) is 17.0 Å². The summed E-state index contributed by atoms with van der Waals surface area (Å²) in [5.74, 6) is -1.82. The Labute approximate surface area is 150 Å². The Morgan fingerprint density at radius 1 is 1.00 bits per heavy atom. The standard InChI is InChI=1S/C19H20F2N4O/c20-15-4-1-3-13(18(15)21)12-25-17-6-2-5-16(14(17)11-23-19(25)26)24-9-7-22-8-10-24/h1-6,22H,7-12H2,(H,23,26). The third-order valence-electron chi connectivity index (χ3n) is 4.90. The van der Waals surface area contributed by atoms with Gasteiger partial charge in [-0.2, -0.15) is 0 Å². The normalized spacial score (nSPS) is 17.1. The molecule has 2 aromatic rings.